The quantitative estimate of drug-likeness (QED) is 0.638. The average Bonchev–Trinajstić information content (AvgIpc) is 2.15. The summed E-state index contributed by atoms with van der Waals surface area (Å²) in [5.41, 5.74) is 6.04. The molecule has 68 valence electrons. The molecule has 0 saturated heterocycles. The normalized spacial score (nSPS) is 21.7. The van der Waals surface area contributed by atoms with Gasteiger partial charge in [-0.15, -0.1) is 12.3 Å². The first-order valence-corrected chi connectivity index (χ1v) is 5.03. The van der Waals surface area contributed by atoms with E-state index in [0.717, 1.165) is 18.8 Å². The Labute approximate surface area is 75.7 Å². The molecule has 1 aliphatic carbocycles. The zero-order valence-electron chi connectivity index (χ0n) is 7.76. The third-order valence-corrected chi connectivity index (χ3v) is 2.88. The van der Waals surface area contributed by atoms with E-state index in [1.807, 2.05) is 0 Å². The van der Waals surface area contributed by atoms with Crippen LogP contribution in [-0.2, 0) is 0 Å². The zero-order chi connectivity index (χ0) is 8.81. The third kappa shape index (κ3) is 2.87. The molecule has 1 unspecified atom stereocenters. The van der Waals surface area contributed by atoms with E-state index in [1.165, 1.54) is 32.1 Å². The highest BCUT2D eigenvalue weighted by Crippen LogP contribution is 2.26. The Morgan fingerprint density at radius 3 is 2.58 bits per heavy atom. The van der Waals surface area contributed by atoms with E-state index < -0.39 is 0 Å². The highest BCUT2D eigenvalue weighted by Gasteiger charge is 2.19. The summed E-state index contributed by atoms with van der Waals surface area (Å²) in [4.78, 5) is 0. The first kappa shape index (κ1) is 9.61. The predicted molar refractivity (Wildman–Crippen MR) is 52.6 cm³/mol. The zero-order valence-corrected chi connectivity index (χ0v) is 7.76. The lowest BCUT2D eigenvalue weighted by Crippen LogP contribution is -2.31. The fraction of sp³-hybridized carbons (Fsp3) is 0.818. The van der Waals surface area contributed by atoms with Crippen molar-refractivity contribution in [1.29, 1.82) is 0 Å². The van der Waals surface area contributed by atoms with Crippen LogP contribution in [0.4, 0.5) is 0 Å². The van der Waals surface area contributed by atoms with Crippen molar-refractivity contribution < 1.29 is 0 Å². The van der Waals surface area contributed by atoms with E-state index >= 15 is 0 Å². The highest BCUT2D eigenvalue weighted by molar-refractivity contribution is 4.87. The first-order chi connectivity index (χ1) is 5.84. The lowest BCUT2D eigenvalue weighted by molar-refractivity contribution is 0.296. The van der Waals surface area contributed by atoms with Gasteiger partial charge >= 0.3 is 0 Å². The molecule has 0 aliphatic heterocycles. The van der Waals surface area contributed by atoms with Gasteiger partial charge in [-0.25, -0.2) is 0 Å². The predicted octanol–water partition coefficient (Wildman–Crippen LogP) is 2.31. The Kier molecular flexibility index (Phi) is 4.18. The van der Waals surface area contributed by atoms with Crippen LogP contribution in [0.1, 0.15) is 44.9 Å². The molecule has 1 heteroatoms. The summed E-state index contributed by atoms with van der Waals surface area (Å²) in [5, 5.41) is 0. The van der Waals surface area contributed by atoms with E-state index in [0.29, 0.717) is 6.04 Å². The Bertz CT molecular complexity index is 151. The number of rotatable bonds is 3. The minimum Gasteiger partial charge on any atom is -0.327 e. The Balaban J connectivity index is 2.21. The van der Waals surface area contributed by atoms with Gasteiger partial charge in [0.15, 0.2) is 0 Å². The molecule has 0 heterocycles. The van der Waals surface area contributed by atoms with Crippen LogP contribution in [0.5, 0.6) is 0 Å². The molecule has 1 rings (SSSR count). The van der Waals surface area contributed by atoms with Crippen molar-refractivity contribution >= 4 is 0 Å². The molecule has 1 saturated carbocycles. The van der Waals surface area contributed by atoms with Crippen LogP contribution >= 0.6 is 0 Å². The Morgan fingerprint density at radius 1 is 1.33 bits per heavy atom. The van der Waals surface area contributed by atoms with Crippen molar-refractivity contribution in [2.45, 2.75) is 51.0 Å². The molecule has 1 atom stereocenters. The van der Waals surface area contributed by atoms with Gasteiger partial charge in [-0.1, -0.05) is 19.3 Å². The summed E-state index contributed by atoms with van der Waals surface area (Å²) in [6.07, 6.45) is 13.9. The molecule has 1 aliphatic rings. The van der Waals surface area contributed by atoms with Gasteiger partial charge in [0.2, 0.25) is 0 Å². The second-order valence-corrected chi connectivity index (χ2v) is 3.80. The molecule has 1 fully saturated rings. The molecule has 12 heavy (non-hydrogen) atoms. The van der Waals surface area contributed by atoms with Crippen molar-refractivity contribution in [2.75, 3.05) is 0 Å². The van der Waals surface area contributed by atoms with Gasteiger partial charge in [0.05, 0.1) is 0 Å². The van der Waals surface area contributed by atoms with Gasteiger partial charge in [0.1, 0.15) is 0 Å². The summed E-state index contributed by atoms with van der Waals surface area (Å²) in [6, 6.07) is 0.362. The first-order valence-electron chi connectivity index (χ1n) is 5.03. The van der Waals surface area contributed by atoms with Crippen LogP contribution < -0.4 is 5.73 Å². The van der Waals surface area contributed by atoms with Crippen molar-refractivity contribution in [3.8, 4) is 12.3 Å². The summed E-state index contributed by atoms with van der Waals surface area (Å²) >= 11 is 0. The summed E-state index contributed by atoms with van der Waals surface area (Å²) in [6.45, 7) is 0. The number of nitrogens with two attached hydrogens (primary N) is 1. The van der Waals surface area contributed by atoms with Crippen LogP contribution in [0.2, 0.25) is 0 Å². The van der Waals surface area contributed by atoms with Crippen LogP contribution in [-0.4, -0.2) is 6.04 Å². The van der Waals surface area contributed by atoms with E-state index in [-0.39, 0.29) is 0 Å². The minimum atomic E-state index is 0.362. The van der Waals surface area contributed by atoms with Crippen LogP contribution in [0, 0.1) is 18.3 Å². The van der Waals surface area contributed by atoms with Gasteiger partial charge in [-0.05, 0) is 25.2 Å². The summed E-state index contributed by atoms with van der Waals surface area (Å²) in [5.74, 6) is 3.41. The topological polar surface area (TPSA) is 26.0 Å². The second-order valence-electron chi connectivity index (χ2n) is 3.80. The molecule has 2 N–H and O–H groups in total. The van der Waals surface area contributed by atoms with E-state index in [1.54, 1.807) is 0 Å². The largest absolute Gasteiger partial charge is 0.327 e. The maximum Gasteiger partial charge on any atom is 0.0101 e. The minimum absolute atomic E-state index is 0.362. The smallest absolute Gasteiger partial charge is 0.0101 e. The second kappa shape index (κ2) is 5.22. The van der Waals surface area contributed by atoms with Crippen LogP contribution in [0.15, 0.2) is 0 Å². The van der Waals surface area contributed by atoms with Gasteiger partial charge in [0.25, 0.3) is 0 Å². The van der Waals surface area contributed by atoms with Gasteiger partial charge in [-0.3, -0.25) is 0 Å². The lowest BCUT2D eigenvalue weighted by Gasteiger charge is -2.26. The fourth-order valence-electron chi connectivity index (χ4n) is 2.05. The van der Waals surface area contributed by atoms with Crippen molar-refractivity contribution in [2.24, 2.45) is 11.7 Å². The molecule has 1 nitrogen and oxygen atoms in total. The molecular formula is C11H19N. The molecule has 0 aromatic carbocycles. The summed E-state index contributed by atoms with van der Waals surface area (Å²) < 4.78 is 0. The average molecular weight is 165 g/mol. The van der Waals surface area contributed by atoms with Gasteiger partial charge < -0.3 is 5.73 Å². The SMILES string of the molecule is C#CCCC(N)C1CCCCC1. The van der Waals surface area contributed by atoms with E-state index in [2.05, 4.69) is 5.92 Å². The number of hydrogen-bond donors (Lipinski definition) is 1. The van der Waals surface area contributed by atoms with Crippen LogP contribution in [0.3, 0.4) is 0 Å². The number of hydrogen-bond acceptors (Lipinski definition) is 1. The molecule has 0 amide bonds. The van der Waals surface area contributed by atoms with Gasteiger partial charge in [-0.2, -0.15) is 0 Å². The Hall–Kier alpha value is -0.480. The molecule has 0 radical (unpaired) electrons. The standard InChI is InChI=1S/C11H19N/c1-2-3-9-11(12)10-7-5-4-6-8-10/h1,10-11H,3-9,12H2. The fourth-order valence-corrected chi connectivity index (χ4v) is 2.05. The maximum absolute atomic E-state index is 6.04. The molecule has 0 bridgehead atoms. The lowest BCUT2D eigenvalue weighted by atomic mass is 9.83. The highest BCUT2D eigenvalue weighted by atomic mass is 14.6. The van der Waals surface area contributed by atoms with Crippen LogP contribution in [0.25, 0.3) is 0 Å². The van der Waals surface area contributed by atoms with Crippen molar-refractivity contribution in [1.82, 2.24) is 0 Å². The van der Waals surface area contributed by atoms with Gasteiger partial charge in [0, 0.05) is 12.5 Å². The Morgan fingerprint density at radius 2 is 2.00 bits per heavy atom. The van der Waals surface area contributed by atoms with Crippen molar-refractivity contribution in [3.63, 3.8) is 0 Å². The summed E-state index contributed by atoms with van der Waals surface area (Å²) in [7, 11) is 0. The van der Waals surface area contributed by atoms with E-state index in [4.69, 9.17) is 12.2 Å². The van der Waals surface area contributed by atoms with Crippen molar-refractivity contribution in [3.05, 3.63) is 0 Å². The maximum atomic E-state index is 6.04. The molecule has 0 aromatic rings. The van der Waals surface area contributed by atoms with E-state index in [9.17, 15) is 0 Å². The molecule has 0 spiro atoms. The third-order valence-electron chi connectivity index (χ3n) is 2.88. The molecule has 0 aromatic heterocycles. The number of terminal acetylenes is 1. The monoisotopic (exact) mass is 165 g/mol. The molecular weight excluding hydrogens is 146 g/mol.